The minimum Gasteiger partial charge on any atom is -0.508 e. The second-order valence-electron chi connectivity index (χ2n) is 9.09. The third-order valence-electron chi connectivity index (χ3n) is 6.14. The van der Waals surface area contributed by atoms with Crippen molar-refractivity contribution >= 4 is 6.16 Å². The van der Waals surface area contributed by atoms with Gasteiger partial charge in [0.25, 0.3) is 0 Å². The number of carbonyl (C=O) groups excluding carboxylic acids is 1. The Bertz CT molecular complexity index is 1640. The number of phenols is 2. The van der Waals surface area contributed by atoms with Crippen LogP contribution in [0.25, 0.3) is 22.3 Å². The van der Waals surface area contributed by atoms with Crippen LogP contribution < -0.4 is 14.2 Å². The smallest absolute Gasteiger partial charge is 0.508 e. The minimum atomic E-state index is -0.848. The van der Waals surface area contributed by atoms with E-state index in [9.17, 15) is 15.0 Å². The lowest BCUT2D eigenvalue weighted by Gasteiger charge is -2.13. The summed E-state index contributed by atoms with van der Waals surface area (Å²) in [7, 11) is 0. The third kappa shape index (κ3) is 6.19. The summed E-state index contributed by atoms with van der Waals surface area (Å²) < 4.78 is 16.7. The zero-order valence-electron chi connectivity index (χ0n) is 21.4. The summed E-state index contributed by atoms with van der Waals surface area (Å²) >= 11 is 0. The van der Waals surface area contributed by atoms with E-state index in [0.29, 0.717) is 28.6 Å². The second kappa shape index (κ2) is 11.0. The van der Waals surface area contributed by atoms with Crippen LogP contribution in [0.4, 0.5) is 4.79 Å². The molecule has 6 heteroatoms. The fourth-order valence-corrected chi connectivity index (χ4v) is 4.16. The lowest BCUT2D eigenvalue weighted by atomic mass is 10.0. The van der Waals surface area contributed by atoms with Crippen molar-refractivity contribution in [2.24, 2.45) is 0 Å². The Kier molecular flexibility index (Phi) is 7.19. The number of ether oxygens (including phenoxy) is 3. The summed E-state index contributed by atoms with van der Waals surface area (Å²) in [6.45, 7) is 3.81. The van der Waals surface area contributed by atoms with Crippen molar-refractivity contribution in [1.82, 2.24) is 0 Å². The van der Waals surface area contributed by atoms with Gasteiger partial charge in [-0.15, -0.1) is 0 Å². The average molecular weight is 519 g/mol. The molecule has 0 aliphatic rings. The molecule has 0 fully saturated rings. The van der Waals surface area contributed by atoms with Crippen molar-refractivity contribution in [1.29, 1.82) is 0 Å². The van der Waals surface area contributed by atoms with E-state index >= 15 is 0 Å². The van der Waals surface area contributed by atoms with E-state index in [4.69, 9.17) is 14.2 Å². The van der Waals surface area contributed by atoms with Gasteiger partial charge in [-0.25, -0.2) is 4.79 Å². The monoisotopic (exact) mass is 518 g/mol. The predicted molar refractivity (Wildman–Crippen MR) is 150 cm³/mol. The van der Waals surface area contributed by atoms with Crippen LogP contribution in [0.3, 0.4) is 0 Å². The lowest BCUT2D eigenvalue weighted by Crippen LogP contribution is -2.13. The highest BCUT2D eigenvalue weighted by Crippen LogP contribution is 2.36. The van der Waals surface area contributed by atoms with Gasteiger partial charge in [-0.05, 0) is 108 Å². The highest BCUT2D eigenvalue weighted by atomic mass is 16.7. The van der Waals surface area contributed by atoms with Crippen molar-refractivity contribution < 1.29 is 29.2 Å². The maximum absolute atomic E-state index is 12.2. The lowest BCUT2D eigenvalue weighted by molar-refractivity contribution is 0.152. The molecule has 0 spiro atoms. The van der Waals surface area contributed by atoms with Crippen LogP contribution in [-0.4, -0.2) is 16.4 Å². The Morgan fingerprint density at radius 1 is 0.564 bits per heavy atom. The molecule has 0 amide bonds. The Morgan fingerprint density at radius 3 is 1.95 bits per heavy atom. The molecule has 0 aromatic heterocycles. The molecule has 2 N–H and O–H groups in total. The maximum atomic E-state index is 12.2. The first-order valence-corrected chi connectivity index (χ1v) is 12.3. The molecule has 0 aliphatic heterocycles. The quantitative estimate of drug-likeness (QED) is 0.173. The van der Waals surface area contributed by atoms with E-state index in [2.05, 4.69) is 0 Å². The fraction of sp³-hybridized carbons (Fsp3) is 0.0606. The highest BCUT2D eigenvalue weighted by molar-refractivity contribution is 5.72. The van der Waals surface area contributed by atoms with Gasteiger partial charge in [0.2, 0.25) is 0 Å². The maximum Gasteiger partial charge on any atom is 0.519 e. The van der Waals surface area contributed by atoms with Gasteiger partial charge in [-0.1, -0.05) is 42.5 Å². The molecule has 6 nitrogen and oxygen atoms in total. The first-order valence-electron chi connectivity index (χ1n) is 12.3. The Hall–Kier alpha value is -5.23. The van der Waals surface area contributed by atoms with Crippen molar-refractivity contribution in [3.63, 3.8) is 0 Å². The van der Waals surface area contributed by atoms with Crippen molar-refractivity contribution in [2.45, 2.75) is 13.8 Å². The second-order valence-corrected chi connectivity index (χ2v) is 9.09. The topological polar surface area (TPSA) is 85.2 Å². The molecular weight excluding hydrogens is 492 g/mol. The van der Waals surface area contributed by atoms with Gasteiger partial charge in [-0.2, -0.15) is 0 Å². The van der Waals surface area contributed by atoms with Gasteiger partial charge in [0.05, 0.1) is 0 Å². The van der Waals surface area contributed by atoms with Gasteiger partial charge < -0.3 is 24.4 Å². The molecule has 0 saturated heterocycles. The number of hydrogen-bond donors (Lipinski definition) is 2. The van der Waals surface area contributed by atoms with Crippen molar-refractivity contribution in [2.75, 3.05) is 0 Å². The molecule has 0 bridgehead atoms. The number of carbonyl (C=O) groups is 1. The number of rotatable bonds is 6. The number of para-hydroxylation sites is 1. The van der Waals surface area contributed by atoms with Gasteiger partial charge in [-0.3, -0.25) is 0 Å². The summed E-state index contributed by atoms with van der Waals surface area (Å²) in [5.41, 5.74) is 5.11. The fourth-order valence-electron chi connectivity index (χ4n) is 4.16. The van der Waals surface area contributed by atoms with Crippen LogP contribution >= 0.6 is 0 Å². The van der Waals surface area contributed by atoms with E-state index in [1.807, 2.05) is 56.3 Å². The molecule has 39 heavy (non-hydrogen) atoms. The van der Waals surface area contributed by atoms with E-state index in [1.165, 1.54) is 6.07 Å². The van der Waals surface area contributed by atoms with E-state index in [1.54, 1.807) is 60.7 Å². The van der Waals surface area contributed by atoms with E-state index < -0.39 is 6.16 Å². The summed E-state index contributed by atoms with van der Waals surface area (Å²) in [5, 5.41) is 20.2. The summed E-state index contributed by atoms with van der Waals surface area (Å²) in [6, 6.07) is 31.9. The molecule has 5 aromatic carbocycles. The summed E-state index contributed by atoms with van der Waals surface area (Å²) in [6.07, 6.45) is -0.848. The SMILES string of the molecule is Cc1cc(-c2ccc(Oc3cc(O)cc(-c4cccc(OC(=O)Oc5ccccc5)c4)c3)c(C)c2)ccc1O. The summed E-state index contributed by atoms with van der Waals surface area (Å²) in [5.74, 6) is 2.08. The van der Waals surface area contributed by atoms with Gasteiger partial charge in [0.1, 0.15) is 34.5 Å². The first kappa shape index (κ1) is 25.4. The molecule has 0 aliphatic carbocycles. The number of benzene rings is 5. The normalized spacial score (nSPS) is 10.6. The molecule has 0 saturated carbocycles. The molecule has 194 valence electrons. The molecule has 0 heterocycles. The number of aromatic hydroxyl groups is 2. The van der Waals surface area contributed by atoms with Crippen LogP contribution in [0.5, 0.6) is 34.5 Å². The molecule has 5 rings (SSSR count). The van der Waals surface area contributed by atoms with E-state index in [0.717, 1.165) is 27.8 Å². The van der Waals surface area contributed by atoms with Crippen LogP contribution in [0.2, 0.25) is 0 Å². The van der Waals surface area contributed by atoms with Crippen LogP contribution in [0, 0.1) is 13.8 Å². The first-order chi connectivity index (χ1) is 18.8. The van der Waals surface area contributed by atoms with Crippen molar-refractivity contribution in [3.8, 4) is 56.8 Å². The number of hydrogen-bond acceptors (Lipinski definition) is 6. The van der Waals surface area contributed by atoms with Gasteiger partial charge in [0.15, 0.2) is 0 Å². The zero-order valence-corrected chi connectivity index (χ0v) is 21.4. The molecule has 0 unspecified atom stereocenters. The molecular formula is C33H26O6. The van der Waals surface area contributed by atoms with Gasteiger partial charge >= 0.3 is 6.16 Å². The molecule has 0 radical (unpaired) electrons. The number of phenolic OH excluding ortho intramolecular Hbond substituents is 2. The minimum absolute atomic E-state index is 0.0335. The van der Waals surface area contributed by atoms with E-state index in [-0.39, 0.29) is 11.5 Å². The zero-order chi connectivity index (χ0) is 27.4. The Labute approximate surface area is 226 Å². The summed E-state index contributed by atoms with van der Waals surface area (Å²) in [4.78, 5) is 12.2. The van der Waals surface area contributed by atoms with Crippen molar-refractivity contribution in [3.05, 3.63) is 120 Å². The predicted octanol–water partition coefficient (Wildman–Crippen LogP) is 8.42. The van der Waals surface area contributed by atoms with Crippen LogP contribution in [-0.2, 0) is 0 Å². The van der Waals surface area contributed by atoms with Crippen LogP contribution in [0.15, 0.2) is 109 Å². The standard InChI is InChI=1S/C33H26O6/c1-21-15-24(11-13-31(21)35)25-12-14-32(22(2)16-25)37-30-19-26(17-27(34)20-30)23-7-6-10-29(18-23)39-33(36)38-28-8-4-3-5-9-28/h3-20,34-35H,1-2H3. The molecule has 5 aromatic rings. The Balaban J connectivity index is 1.34. The third-order valence-corrected chi connectivity index (χ3v) is 6.14. The number of aryl methyl sites for hydroxylation is 2. The van der Waals surface area contributed by atoms with Crippen LogP contribution in [0.1, 0.15) is 11.1 Å². The Morgan fingerprint density at radius 2 is 1.21 bits per heavy atom. The highest BCUT2D eigenvalue weighted by Gasteiger charge is 2.12. The average Bonchev–Trinajstić information content (AvgIpc) is 2.92. The van der Waals surface area contributed by atoms with Gasteiger partial charge in [0, 0.05) is 6.07 Å². The largest absolute Gasteiger partial charge is 0.519 e. The molecule has 0 atom stereocenters.